The fraction of sp³-hybridized carbons (Fsp3) is 0.308. The average molecular weight is 587 g/mol. The molecule has 4 amide bonds. The zero-order valence-corrected chi connectivity index (χ0v) is 22.9. The summed E-state index contributed by atoms with van der Waals surface area (Å²) in [5.74, 6) is -3.32. The number of benzene rings is 2. The van der Waals surface area contributed by atoms with Crippen LogP contribution < -0.4 is 32.7 Å². The number of aliphatic imine (C=N–C) groups is 1. The summed E-state index contributed by atoms with van der Waals surface area (Å²) in [5, 5.41) is 23.5. The van der Waals surface area contributed by atoms with E-state index in [1.807, 2.05) is 0 Å². The lowest BCUT2D eigenvalue weighted by atomic mass is 10.1. The summed E-state index contributed by atoms with van der Waals surface area (Å²) in [4.78, 5) is 74.1. The summed E-state index contributed by atoms with van der Waals surface area (Å²) < 4.78 is 0. The molecule has 2 rings (SSSR count). The molecule has 16 heteroatoms. The van der Waals surface area contributed by atoms with Gasteiger partial charge < -0.3 is 32.9 Å². The Bertz CT molecular complexity index is 1260. The highest BCUT2D eigenvalue weighted by molar-refractivity contribution is 6.02. The zero-order chi connectivity index (χ0) is 31.7. The number of hydrogen-bond donors (Lipinski definition) is 6. The first-order valence-electron chi connectivity index (χ1n) is 12.5. The summed E-state index contributed by atoms with van der Waals surface area (Å²) in [6, 6.07) is 12.3. The van der Waals surface area contributed by atoms with E-state index >= 15 is 0 Å². The molecule has 0 saturated carbocycles. The number of carbonyl (C=O) groups is 5. The molecule has 0 aliphatic heterocycles. The molecule has 0 radical (unpaired) electrons. The number of hydrogen-bond acceptors (Lipinski definition) is 8. The Morgan fingerprint density at radius 3 is 2.12 bits per heavy atom. The van der Waals surface area contributed by atoms with Gasteiger partial charge in [-0.3, -0.25) is 44.0 Å². The van der Waals surface area contributed by atoms with Gasteiger partial charge in [-0.2, -0.15) is 0 Å². The Kier molecular flexibility index (Phi) is 14.7. The van der Waals surface area contributed by atoms with Crippen LogP contribution in [0.25, 0.3) is 0 Å². The van der Waals surface area contributed by atoms with Crippen molar-refractivity contribution < 1.29 is 34.0 Å². The van der Waals surface area contributed by atoms with Gasteiger partial charge in [0.25, 0.3) is 17.6 Å². The van der Waals surface area contributed by atoms with Gasteiger partial charge in [-0.05, 0) is 37.1 Å². The highest BCUT2D eigenvalue weighted by Gasteiger charge is 2.30. The summed E-state index contributed by atoms with van der Waals surface area (Å²) >= 11 is 0. The fourth-order valence-corrected chi connectivity index (χ4v) is 3.45. The second-order valence-electron chi connectivity index (χ2n) is 8.57. The lowest BCUT2D eigenvalue weighted by Gasteiger charge is -2.30. The molecule has 2 aromatic rings. The highest BCUT2D eigenvalue weighted by Crippen LogP contribution is 2.23. The number of carboxylic acid groups (broad SMARTS) is 1. The van der Waals surface area contributed by atoms with Crippen molar-refractivity contribution in [3.05, 3.63) is 70.3 Å². The van der Waals surface area contributed by atoms with Crippen molar-refractivity contribution in [2.45, 2.75) is 32.2 Å². The van der Waals surface area contributed by atoms with E-state index in [2.05, 4.69) is 15.6 Å². The van der Waals surface area contributed by atoms with Crippen LogP contribution in [0.15, 0.2) is 59.6 Å². The van der Waals surface area contributed by atoms with Gasteiger partial charge in [-0.25, -0.2) is 0 Å². The molecule has 1 atom stereocenters. The minimum atomic E-state index is -1.14. The van der Waals surface area contributed by atoms with Gasteiger partial charge in [0.2, 0.25) is 17.7 Å². The predicted octanol–water partition coefficient (Wildman–Crippen LogP) is -0.137. The topological polar surface area (TPSA) is 266 Å². The lowest BCUT2D eigenvalue weighted by Crippen LogP contribution is -2.51. The summed E-state index contributed by atoms with van der Waals surface area (Å²) in [7, 11) is 0. The molecule has 0 heterocycles. The van der Waals surface area contributed by atoms with Crippen molar-refractivity contribution in [1.82, 2.24) is 10.6 Å². The Morgan fingerprint density at radius 1 is 1.00 bits per heavy atom. The zero-order valence-electron chi connectivity index (χ0n) is 22.9. The van der Waals surface area contributed by atoms with Crippen LogP contribution in [0.5, 0.6) is 0 Å². The third-order valence-corrected chi connectivity index (χ3v) is 5.29. The number of nitrogens with one attached hydrogen (secondary N) is 2. The maximum atomic E-state index is 13.2. The number of nitrogens with zero attached hydrogens (tertiary/aromatic N) is 3. The number of non-ortho nitro benzene ring substituents is 1. The second-order valence-corrected chi connectivity index (χ2v) is 8.57. The smallest absolute Gasteiger partial charge is 0.300 e. The van der Waals surface area contributed by atoms with Crippen LogP contribution in [-0.4, -0.2) is 71.3 Å². The number of primary amides is 1. The number of nitrogens with two attached hydrogens (primary N) is 3. The van der Waals surface area contributed by atoms with E-state index in [1.54, 1.807) is 30.3 Å². The van der Waals surface area contributed by atoms with Crippen molar-refractivity contribution in [2.24, 2.45) is 22.2 Å². The molecule has 0 aromatic heterocycles. The van der Waals surface area contributed by atoms with E-state index in [1.165, 1.54) is 24.3 Å². The molecule has 9 N–H and O–H groups in total. The molecule has 16 nitrogen and oxygen atoms in total. The number of nitro benzene ring substituents is 1. The summed E-state index contributed by atoms with van der Waals surface area (Å²) in [6.45, 7) is 0.814. The van der Waals surface area contributed by atoms with Crippen molar-refractivity contribution in [1.29, 1.82) is 0 Å². The molecular formula is C26H34N8O8. The van der Waals surface area contributed by atoms with E-state index in [0.29, 0.717) is 12.0 Å². The maximum absolute atomic E-state index is 13.2. The molecule has 0 spiro atoms. The van der Waals surface area contributed by atoms with E-state index in [4.69, 9.17) is 27.1 Å². The number of nitro groups is 1. The van der Waals surface area contributed by atoms with Crippen molar-refractivity contribution in [3.8, 4) is 0 Å². The largest absolute Gasteiger partial charge is 0.481 e. The Labute approximate surface area is 241 Å². The Hall–Kier alpha value is -5.54. The van der Waals surface area contributed by atoms with Crippen LogP contribution in [0.4, 0.5) is 11.4 Å². The van der Waals surface area contributed by atoms with Crippen LogP contribution in [0.1, 0.15) is 36.5 Å². The van der Waals surface area contributed by atoms with Gasteiger partial charge in [-0.15, -0.1) is 0 Å². The SMILES string of the molecule is CC(=O)O.NC(=O)[C@H](CCCN=C(N)N)N(C(=O)CNC(=O)CCNC(=O)c1ccccc1)c1ccc([N+](=O)[O-])cc1. The summed E-state index contributed by atoms with van der Waals surface area (Å²) in [5.41, 5.74) is 16.6. The van der Waals surface area contributed by atoms with Crippen LogP contribution in [0, 0.1) is 10.1 Å². The minimum Gasteiger partial charge on any atom is -0.481 e. The number of carbonyl (C=O) groups excluding carboxylic acids is 4. The van der Waals surface area contributed by atoms with Crippen molar-refractivity contribution in [2.75, 3.05) is 24.5 Å². The first-order valence-corrected chi connectivity index (χ1v) is 12.5. The van der Waals surface area contributed by atoms with Crippen LogP contribution >= 0.6 is 0 Å². The van der Waals surface area contributed by atoms with Gasteiger partial charge in [0.15, 0.2) is 5.96 Å². The minimum absolute atomic E-state index is 0.0362. The summed E-state index contributed by atoms with van der Waals surface area (Å²) in [6.07, 6.45) is 0.297. The van der Waals surface area contributed by atoms with E-state index in [-0.39, 0.29) is 49.2 Å². The Balaban J connectivity index is 0.00000206. The lowest BCUT2D eigenvalue weighted by molar-refractivity contribution is -0.384. The molecule has 0 unspecified atom stereocenters. The molecule has 226 valence electrons. The fourth-order valence-electron chi connectivity index (χ4n) is 3.45. The van der Waals surface area contributed by atoms with Crippen LogP contribution in [0.3, 0.4) is 0 Å². The molecule has 0 aliphatic rings. The van der Waals surface area contributed by atoms with Crippen molar-refractivity contribution >= 4 is 46.9 Å². The molecule has 0 saturated heterocycles. The molecule has 0 aliphatic carbocycles. The monoisotopic (exact) mass is 586 g/mol. The normalized spacial score (nSPS) is 10.6. The quantitative estimate of drug-likeness (QED) is 0.0560. The number of amides is 4. The third-order valence-electron chi connectivity index (χ3n) is 5.29. The molecule has 42 heavy (non-hydrogen) atoms. The van der Waals surface area contributed by atoms with Crippen LogP contribution in [0.2, 0.25) is 0 Å². The highest BCUT2D eigenvalue weighted by atomic mass is 16.6. The number of carboxylic acids is 1. The van der Waals surface area contributed by atoms with E-state index in [9.17, 15) is 29.3 Å². The van der Waals surface area contributed by atoms with Gasteiger partial charge in [0.05, 0.1) is 11.5 Å². The van der Waals surface area contributed by atoms with Gasteiger partial charge in [0, 0.05) is 49.8 Å². The first kappa shape index (κ1) is 34.5. The van der Waals surface area contributed by atoms with E-state index in [0.717, 1.165) is 11.8 Å². The van der Waals surface area contributed by atoms with Gasteiger partial charge >= 0.3 is 0 Å². The molecular weight excluding hydrogens is 552 g/mol. The van der Waals surface area contributed by atoms with Gasteiger partial charge in [0.1, 0.15) is 6.04 Å². The molecule has 0 bridgehead atoms. The third kappa shape index (κ3) is 13.0. The first-order chi connectivity index (χ1) is 19.8. The number of guanidine groups is 1. The second kappa shape index (κ2) is 17.9. The maximum Gasteiger partial charge on any atom is 0.300 e. The Morgan fingerprint density at radius 2 is 1.60 bits per heavy atom. The van der Waals surface area contributed by atoms with Gasteiger partial charge in [-0.1, -0.05) is 18.2 Å². The number of aliphatic carboxylic acids is 1. The predicted molar refractivity (Wildman–Crippen MR) is 153 cm³/mol. The molecule has 0 fully saturated rings. The van der Waals surface area contributed by atoms with E-state index < -0.39 is 41.2 Å². The average Bonchev–Trinajstić information content (AvgIpc) is 2.93. The standard InChI is InChI=1S/C24H30N8O6.C2H4O2/c25-22(35)19(7-4-13-29-24(26)27)31(17-8-10-18(11-9-17)32(37)38)21(34)15-30-20(33)12-14-28-23(36)16-5-2-1-3-6-16;1-2(3)4/h1-3,5-6,8-11,19H,4,7,12-15H2,(H2,25,35)(H,28,36)(H,30,33)(H4,26,27,29);1H3,(H,3,4)/t19-;/m0./s1. The molecule has 2 aromatic carbocycles. The number of rotatable bonds is 14. The van der Waals surface area contributed by atoms with Crippen molar-refractivity contribution in [3.63, 3.8) is 0 Å². The van der Waals surface area contributed by atoms with Crippen LogP contribution in [-0.2, 0) is 19.2 Å². The number of anilines is 1.